The van der Waals surface area contributed by atoms with E-state index in [0.29, 0.717) is 5.56 Å². The Bertz CT molecular complexity index is 609. The summed E-state index contributed by atoms with van der Waals surface area (Å²) < 4.78 is 0. The Morgan fingerprint density at radius 3 is 2.55 bits per heavy atom. The van der Waals surface area contributed by atoms with Crippen LogP contribution in [-0.4, -0.2) is 16.6 Å². The lowest BCUT2D eigenvalue weighted by molar-refractivity contribution is 0.0954. The molecule has 1 aromatic carbocycles. The van der Waals surface area contributed by atoms with Gasteiger partial charge in [-0.3, -0.25) is 9.78 Å². The number of rotatable bonds is 7. The summed E-state index contributed by atoms with van der Waals surface area (Å²) in [6.07, 6.45) is 7.40. The molecule has 0 atom stereocenters. The van der Waals surface area contributed by atoms with Crippen LogP contribution in [-0.2, 0) is 0 Å². The molecule has 114 valence electrons. The largest absolute Gasteiger partial charge is 0.272 e. The molecule has 0 radical (unpaired) electrons. The van der Waals surface area contributed by atoms with Crippen LogP contribution in [0.15, 0.2) is 60.0 Å². The summed E-state index contributed by atoms with van der Waals surface area (Å²) in [7, 11) is 0. The third-order valence-electron chi connectivity index (χ3n) is 3.34. The smallest absolute Gasteiger partial charge is 0.267 e. The van der Waals surface area contributed by atoms with Crippen LogP contribution < -0.4 is 5.43 Å². The molecule has 1 N–H and O–H groups in total. The van der Waals surface area contributed by atoms with Crippen molar-refractivity contribution in [3.63, 3.8) is 0 Å². The predicted octanol–water partition coefficient (Wildman–Crippen LogP) is 3.80. The first-order valence-electron chi connectivity index (χ1n) is 7.63. The van der Waals surface area contributed by atoms with Gasteiger partial charge in [-0.05, 0) is 30.5 Å². The molecule has 2 aromatic rings. The number of unbranched alkanes of at least 4 members (excludes halogenated alkanes) is 2. The van der Waals surface area contributed by atoms with Crippen molar-refractivity contribution >= 4 is 11.6 Å². The van der Waals surface area contributed by atoms with Crippen molar-refractivity contribution in [3.05, 3.63) is 66.0 Å². The quantitative estimate of drug-likeness (QED) is 0.480. The van der Waals surface area contributed by atoms with Crippen molar-refractivity contribution in [1.29, 1.82) is 0 Å². The second-order valence-corrected chi connectivity index (χ2v) is 5.06. The Hall–Kier alpha value is -2.49. The molecule has 2 rings (SSSR count). The number of hydrazone groups is 1. The number of benzene rings is 1. The number of hydrogen-bond donors (Lipinski definition) is 1. The number of nitrogens with zero attached hydrogens (tertiary/aromatic N) is 2. The van der Waals surface area contributed by atoms with Crippen molar-refractivity contribution in [1.82, 2.24) is 10.4 Å². The van der Waals surface area contributed by atoms with Gasteiger partial charge in [0.2, 0.25) is 0 Å². The maximum atomic E-state index is 12.1. The van der Waals surface area contributed by atoms with Gasteiger partial charge in [-0.1, -0.05) is 50.1 Å². The third kappa shape index (κ3) is 4.81. The molecule has 22 heavy (non-hydrogen) atoms. The van der Waals surface area contributed by atoms with Gasteiger partial charge in [0.05, 0.1) is 11.3 Å². The van der Waals surface area contributed by atoms with E-state index in [-0.39, 0.29) is 5.91 Å². The van der Waals surface area contributed by atoms with Crippen molar-refractivity contribution < 1.29 is 4.79 Å². The average Bonchev–Trinajstić information content (AvgIpc) is 2.59. The molecule has 0 aliphatic heterocycles. The number of carbonyl (C=O) groups excluding carboxylic acids is 1. The molecular formula is C18H21N3O. The van der Waals surface area contributed by atoms with Crippen molar-refractivity contribution in [2.45, 2.75) is 32.6 Å². The maximum absolute atomic E-state index is 12.1. The Balaban J connectivity index is 2.09. The van der Waals surface area contributed by atoms with Gasteiger partial charge in [-0.15, -0.1) is 0 Å². The van der Waals surface area contributed by atoms with E-state index >= 15 is 0 Å². The van der Waals surface area contributed by atoms with E-state index in [4.69, 9.17) is 0 Å². The van der Waals surface area contributed by atoms with Gasteiger partial charge in [-0.25, -0.2) is 5.43 Å². The van der Waals surface area contributed by atoms with Crippen LogP contribution in [0, 0.1) is 0 Å². The van der Waals surface area contributed by atoms with E-state index in [0.717, 1.165) is 37.0 Å². The minimum Gasteiger partial charge on any atom is -0.267 e. The Morgan fingerprint density at radius 2 is 1.86 bits per heavy atom. The van der Waals surface area contributed by atoms with E-state index in [2.05, 4.69) is 22.4 Å². The molecule has 0 bridgehead atoms. The SMILES string of the molecule is CCCCC/C(=N/NC(=O)c1cccnc1)c1ccccc1. The second kappa shape index (κ2) is 8.72. The fourth-order valence-corrected chi connectivity index (χ4v) is 2.12. The summed E-state index contributed by atoms with van der Waals surface area (Å²) in [5, 5.41) is 4.33. The average molecular weight is 295 g/mol. The first-order chi connectivity index (χ1) is 10.8. The monoisotopic (exact) mass is 295 g/mol. The summed E-state index contributed by atoms with van der Waals surface area (Å²) in [6, 6.07) is 13.4. The second-order valence-electron chi connectivity index (χ2n) is 5.06. The number of aromatic nitrogens is 1. The molecule has 0 fully saturated rings. The molecule has 4 nitrogen and oxygen atoms in total. The highest BCUT2D eigenvalue weighted by atomic mass is 16.2. The molecule has 0 unspecified atom stereocenters. The minimum atomic E-state index is -0.239. The van der Waals surface area contributed by atoms with Crippen molar-refractivity contribution in [3.8, 4) is 0 Å². The zero-order valence-corrected chi connectivity index (χ0v) is 12.8. The molecule has 0 aliphatic rings. The predicted molar refractivity (Wildman–Crippen MR) is 88.8 cm³/mol. The number of nitrogens with one attached hydrogen (secondary N) is 1. The summed E-state index contributed by atoms with van der Waals surface area (Å²) in [5.74, 6) is -0.239. The molecule has 0 saturated carbocycles. The Kier molecular flexibility index (Phi) is 6.30. The zero-order valence-electron chi connectivity index (χ0n) is 12.8. The van der Waals surface area contributed by atoms with Crippen LogP contribution >= 0.6 is 0 Å². The highest BCUT2D eigenvalue weighted by molar-refractivity contribution is 6.02. The van der Waals surface area contributed by atoms with E-state index in [9.17, 15) is 4.79 Å². The van der Waals surface area contributed by atoms with Gasteiger partial charge < -0.3 is 0 Å². The van der Waals surface area contributed by atoms with Crippen LogP contribution in [0.2, 0.25) is 0 Å². The zero-order chi connectivity index (χ0) is 15.6. The van der Waals surface area contributed by atoms with E-state index in [1.54, 1.807) is 18.3 Å². The van der Waals surface area contributed by atoms with Crippen molar-refractivity contribution in [2.75, 3.05) is 0 Å². The van der Waals surface area contributed by atoms with Crippen LogP contribution in [0.1, 0.15) is 48.5 Å². The van der Waals surface area contributed by atoms with Gasteiger partial charge in [0.1, 0.15) is 0 Å². The highest BCUT2D eigenvalue weighted by Gasteiger charge is 2.07. The summed E-state index contributed by atoms with van der Waals surface area (Å²) in [4.78, 5) is 16.0. The summed E-state index contributed by atoms with van der Waals surface area (Å²) in [5.41, 5.74) is 5.10. The summed E-state index contributed by atoms with van der Waals surface area (Å²) in [6.45, 7) is 2.17. The van der Waals surface area contributed by atoms with Crippen LogP contribution in [0.3, 0.4) is 0 Å². The van der Waals surface area contributed by atoms with Gasteiger partial charge in [0, 0.05) is 12.4 Å². The minimum absolute atomic E-state index is 0.239. The van der Waals surface area contributed by atoms with Gasteiger partial charge in [0.15, 0.2) is 0 Å². The van der Waals surface area contributed by atoms with Crippen LogP contribution in [0.5, 0.6) is 0 Å². The maximum Gasteiger partial charge on any atom is 0.272 e. The number of carbonyl (C=O) groups is 1. The first-order valence-corrected chi connectivity index (χ1v) is 7.63. The number of amides is 1. The summed E-state index contributed by atoms with van der Waals surface area (Å²) >= 11 is 0. The van der Waals surface area contributed by atoms with E-state index in [1.807, 2.05) is 30.3 Å². The standard InChI is InChI=1S/C18H21N3O/c1-2-3-5-12-17(15-9-6-4-7-10-15)20-21-18(22)16-11-8-13-19-14-16/h4,6-11,13-14H,2-3,5,12H2,1H3,(H,21,22)/b20-17-. The molecule has 0 aliphatic carbocycles. The fraction of sp³-hybridized carbons (Fsp3) is 0.278. The topological polar surface area (TPSA) is 54.4 Å². The van der Waals surface area contributed by atoms with Crippen LogP contribution in [0.4, 0.5) is 0 Å². The number of pyridine rings is 1. The molecular weight excluding hydrogens is 274 g/mol. The van der Waals surface area contributed by atoms with Crippen molar-refractivity contribution in [2.24, 2.45) is 5.10 Å². The highest BCUT2D eigenvalue weighted by Crippen LogP contribution is 2.09. The fourth-order valence-electron chi connectivity index (χ4n) is 2.12. The molecule has 1 aromatic heterocycles. The molecule has 1 heterocycles. The molecule has 4 heteroatoms. The van der Waals surface area contributed by atoms with E-state index < -0.39 is 0 Å². The van der Waals surface area contributed by atoms with Gasteiger partial charge in [-0.2, -0.15) is 5.10 Å². The Morgan fingerprint density at radius 1 is 1.09 bits per heavy atom. The lowest BCUT2D eigenvalue weighted by Gasteiger charge is -2.07. The molecule has 1 amide bonds. The van der Waals surface area contributed by atoms with Gasteiger partial charge >= 0.3 is 0 Å². The molecule has 0 spiro atoms. The first kappa shape index (κ1) is 15.9. The normalized spacial score (nSPS) is 11.2. The Labute approximate surface area is 131 Å². The van der Waals surface area contributed by atoms with Gasteiger partial charge in [0.25, 0.3) is 5.91 Å². The molecule has 0 saturated heterocycles. The number of hydrogen-bond acceptors (Lipinski definition) is 3. The lowest BCUT2D eigenvalue weighted by Crippen LogP contribution is -2.20. The van der Waals surface area contributed by atoms with Crippen LogP contribution in [0.25, 0.3) is 0 Å². The van der Waals surface area contributed by atoms with E-state index in [1.165, 1.54) is 6.20 Å². The third-order valence-corrected chi connectivity index (χ3v) is 3.34. The lowest BCUT2D eigenvalue weighted by atomic mass is 10.0.